The van der Waals surface area contributed by atoms with Crippen molar-refractivity contribution in [3.05, 3.63) is 16.5 Å². The van der Waals surface area contributed by atoms with Crippen molar-refractivity contribution in [2.75, 3.05) is 19.0 Å². The number of methoxy groups -OCH3 is 1. The topological polar surface area (TPSA) is 47.0 Å². The zero-order chi connectivity index (χ0) is 13.8. The average molecular weight is 272 g/mol. The second-order valence-corrected chi connectivity index (χ2v) is 5.33. The van der Waals surface area contributed by atoms with Crippen LogP contribution < -0.4 is 5.32 Å². The van der Waals surface area contributed by atoms with Crippen LogP contribution in [0.3, 0.4) is 0 Å². The summed E-state index contributed by atoms with van der Waals surface area (Å²) < 4.78 is 5.37. The summed E-state index contributed by atoms with van der Waals surface area (Å²) in [6.45, 7) is 8.72. The van der Waals surface area contributed by atoms with Gasteiger partial charge in [-0.25, -0.2) is 9.97 Å². The Bertz CT molecular complexity index is 407. The molecular weight excluding hydrogens is 250 g/mol. The number of hydrogen-bond donors (Lipinski definition) is 1. The molecule has 102 valence electrons. The molecule has 0 unspecified atom stereocenters. The number of hydrogen-bond acceptors (Lipinski definition) is 4. The van der Waals surface area contributed by atoms with Gasteiger partial charge >= 0.3 is 0 Å². The molecule has 0 aromatic carbocycles. The zero-order valence-electron chi connectivity index (χ0n) is 11.8. The fourth-order valence-corrected chi connectivity index (χ4v) is 1.60. The highest BCUT2D eigenvalue weighted by Gasteiger charge is 2.17. The predicted molar refractivity (Wildman–Crippen MR) is 75.4 cm³/mol. The van der Waals surface area contributed by atoms with Crippen molar-refractivity contribution in [3.8, 4) is 0 Å². The lowest BCUT2D eigenvalue weighted by Crippen LogP contribution is -2.32. The summed E-state index contributed by atoms with van der Waals surface area (Å²) in [5, 5.41) is 3.80. The Balaban J connectivity index is 2.87. The Kier molecular flexibility index (Phi) is 5.35. The van der Waals surface area contributed by atoms with Gasteiger partial charge in [-0.3, -0.25) is 0 Å². The van der Waals surface area contributed by atoms with E-state index >= 15 is 0 Å². The molecule has 18 heavy (non-hydrogen) atoms. The number of halogens is 1. The summed E-state index contributed by atoms with van der Waals surface area (Å²) in [6, 6.07) is 0. The standard InChI is InChI=1S/C13H22ClN3O/c1-6-7-10-16-11(14)9(2)12(17-10)15-8-13(3,4)18-5/h6-8H2,1-5H3,(H,15,16,17). The first-order valence-electron chi connectivity index (χ1n) is 6.21. The van der Waals surface area contributed by atoms with Gasteiger partial charge in [-0.2, -0.15) is 0 Å². The summed E-state index contributed by atoms with van der Waals surface area (Å²) >= 11 is 6.12. The van der Waals surface area contributed by atoms with Crippen LogP contribution in [0, 0.1) is 6.92 Å². The van der Waals surface area contributed by atoms with Crippen LogP contribution in [-0.2, 0) is 11.2 Å². The molecule has 0 aliphatic carbocycles. The molecule has 0 aliphatic heterocycles. The molecule has 0 spiro atoms. The van der Waals surface area contributed by atoms with E-state index in [1.54, 1.807) is 7.11 Å². The number of aromatic nitrogens is 2. The number of nitrogens with one attached hydrogen (secondary N) is 1. The van der Waals surface area contributed by atoms with Crippen molar-refractivity contribution < 1.29 is 4.74 Å². The summed E-state index contributed by atoms with van der Waals surface area (Å²) in [4.78, 5) is 8.77. The monoisotopic (exact) mass is 271 g/mol. The van der Waals surface area contributed by atoms with Gasteiger partial charge in [0.2, 0.25) is 0 Å². The molecule has 1 aromatic rings. The van der Waals surface area contributed by atoms with Gasteiger partial charge < -0.3 is 10.1 Å². The number of ether oxygens (including phenoxy) is 1. The maximum atomic E-state index is 6.12. The van der Waals surface area contributed by atoms with Crippen LogP contribution in [0.2, 0.25) is 5.15 Å². The first-order valence-corrected chi connectivity index (χ1v) is 6.59. The van der Waals surface area contributed by atoms with Crippen molar-refractivity contribution in [1.82, 2.24) is 9.97 Å². The normalized spacial score (nSPS) is 11.7. The maximum absolute atomic E-state index is 6.12. The van der Waals surface area contributed by atoms with Gasteiger partial charge in [-0.05, 0) is 27.2 Å². The molecule has 0 radical (unpaired) electrons. The van der Waals surface area contributed by atoms with Crippen LogP contribution in [-0.4, -0.2) is 29.2 Å². The molecule has 0 saturated heterocycles. The van der Waals surface area contributed by atoms with Crippen molar-refractivity contribution >= 4 is 17.4 Å². The second-order valence-electron chi connectivity index (χ2n) is 4.97. The molecule has 1 aromatic heterocycles. The number of anilines is 1. The molecular formula is C13H22ClN3O. The third kappa shape index (κ3) is 4.10. The van der Waals surface area contributed by atoms with Gasteiger partial charge in [0, 0.05) is 25.6 Å². The van der Waals surface area contributed by atoms with Gasteiger partial charge in [0.15, 0.2) is 0 Å². The van der Waals surface area contributed by atoms with E-state index < -0.39 is 0 Å². The van der Waals surface area contributed by atoms with Crippen molar-refractivity contribution in [2.45, 2.75) is 46.1 Å². The van der Waals surface area contributed by atoms with E-state index in [0.29, 0.717) is 11.7 Å². The van der Waals surface area contributed by atoms with E-state index in [9.17, 15) is 0 Å². The van der Waals surface area contributed by atoms with Crippen LogP contribution in [0.5, 0.6) is 0 Å². The van der Waals surface area contributed by atoms with E-state index in [-0.39, 0.29) is 5.60 Å². The molecule has 1 heterocycles. The Morgan fingerprint density at radius 3 is 2.56 bits per heavy atom. The molecule has 0 saturated carbocycles. The highest BCUT2D eigenvalue weighted by Crippen LogP contribution is 2.21. The maximum Gasteiger partial charge on any atom is 0.137 e. The Morgan fingerprint density at radius 2 is 2.00 bits per heavy atom. The predicted octanol–water partition coefficient (Wildman–Crippen LogP) is 3.23. The van der Waals surface area contributed by atoms with E-state index in [4.69, 9.17) is 16.3 Å². The molecule has 1 N–H and O–H groups in total. The molecule has 1 rings (SSSR count). The van der Waals surface area contributed by atoms with E-state index in [1.165, 1.54) is 0 Å². The minimum Gasteiger partial charge on any atom is -0.377 e. The Labute approximate surface area is 114 Å². The quantitative estimate of drug-likeness (QED) is 0.807. The summed E-state index contributed by atoms with van der Waals surface area (Å²) in [5.41, 5.74) is 0.637. The highest BCUT2D eigenvalue weighted by atomic mass is 35.5. The first-order chi connectivity index (χ1) is 8.39. The van der Waals surface area contributed by atoms with Crippen molar-refractivity contribution in [2.24, 2.45) is 0 Å². The minimum absolute atomic E-state index is 0.241. The Morgan fingerprint density at radius 1 is 1.33 bits per heavy atom. The second kappa shape index (κ2) is 6.34. The Hall–Kier alpha value is -0.870. The SMILES string of the molecule is CCCc1nc(Cl)c(C)c(NCC(C)(C)OC)n1. The molecule has 0 amide bonds. The van der Waals surface area contributed by atoms with Gasteiger partial charge in [-0.15, -0.1) is 0 Å². The fourth-order valence-electron chi connectivity index (χ4n) is 1.41. The molecule has 0 fully saturated rings. The fraction of sp³-hybridized carbons (Fsp3) is 0.692. The number of aryl methyl sites for hydroxylation is 1. The van der Waals surface area contributed by atoms with E-state index in [0.717, 1.165) is 30.0 Å². The largest absolute Gasteiger partial charge is 0.377 e. The molecule has 5 heteroatoms. The summed E-state index contributed by atoms with van der Waals surface area (Å²) in [6.07, 6.45) is 1.84. The molecule has 0 atom stereocenters. The lowest BCUT2D eigenvalue weighted by Gasteiger charge is -2.24. The van der Waals surface area contributed by atoms with Crippen LogP contribution in [0.25, 0.3) is 0 Å². The van der Waals surface area contributed by atoms with Gasteiger partial charge in [0.1, 0.15) is 16.8 Å². The van der Waals surface area contributed by atoms with Crippen LogP contribution in [0.1, 0.15) is 38.6 Å². The van der Waals surface area contributed by atoms with Crippen molar-refractivity contribution in [1.29, 1.82) is 0 Å². The molecule has 0 aliphatic rings. The number of nitrogens with zero attached hydrogens (tertiary/aromatic N) is 2. The third-order valence-corrected chi connectivity index (χ3v) is 3.21. The van der Waals surface area contributed by atoms with Gasteiger partial charge in [0.05, 0.1) is 5.60 Å². The van der Waals surface area contributed by atoms with Crippen LogP contribution in [0.15, 0.2) is 0 Å². The van der Waals surface area contributed by atoms with E-state index in [2.05, 4.69) is 22.2 Å². The highest BCUT2D eigenvalue weighted by molar-refractivity contribution is 6.30. The molecule has 4 nitrogen and oxygen atoms in total. The van der Waals surface area contributed by atoms with Gasteiger partial charge in [0.25, 0.3) is 0 Å². The first kappa shape index (κ1) is 15.2. The van der Waals surface area contributed by atoms with Crippen LogP contribution >= 0.6 is 11.6 Å². The summed E-state index contributed by atoms with van der Waals surface area (Å²) in [7, 11) is 1.70. The lowest BCUT2D eigenvalue weighted by atomic mass is 10.1. The average Bonchev–Trinajstić information content (AvgIpc) is 2.32. The smallest absolute Gasteiger partial charge is 0.137 e. The zero-order valence-corrected chi connectivity index (χ0v) is 12.6. The van der Waals surface area contributed by atoms with Crippen LogP contribution in [0.4, 0.5) is 5.82 Å². The minimum atomic E-state index is -0.241. The lowest BCUT2D eigenvalue weighted by molar-refractivity contribution is 0.0343. The van der Waals surface area contributed by atoms with Crippen molar-refractivity contribution in [3.63, 3.8) is 0 Å². The van der Waals surface area contributed by atoms with E-state index in [1.807, 2.05) is 20.8 Å². The number of rotatable bonds is 6. The summed E-state index contributed by atoms with van der Waals surface area (Å²) in [5.74, 6) is 1.58. The molecule has 0 bridgehead atoms. The van der Waals surface area contributed by atoms with Gasteiger partial charge in [-0.1, -0.05) is 18.5 Å². The third-order valence-electron chi connectivity index (χ3n) is 2.84.